The van der Waals surface area contributed by atoms with Crippen molar-refractivity contribution >= 4 is 15.9 Å². The van der Waals surface area contributed by atoms with Crippen molar-refractivity contribution in [1.29, 1.82) is 0 Å². The van der Waals surface area contributed by atoms with Crippen LogP contribution in [0.15, 0.2) is 35.3 Å². The van der Waals surface area contributed by atoms with Gasteiger partial charge in [0.1, 0.15) is 0 Å². The minimum absolute atomic E-state index is 0.305. The van der Waals surface area contributed by atoms with Crippen molar-refractivity contribution < 1.29 is 9.47 Å². The molecular weight excluding hydrogens is 334 g/mol. The number of halogens is 1. The quantitative estimate of drug-likeness (QED) is 0.779. The van der Waals surface area contributed by atoms with Gasteiger partial charge in [0.15, 0.2) is 11.5 Å². The van der Waals surface area contributed by atoms with Crippen molar-refractivity contribution in [1.82, 2.24) is 14.9 Å². The molecule has 1 aliphatic heterocycles. The number of fused-ring (bicyclic) bond motifs is 1. The summed E-state index contributed by atoms with van der Waals surface area (Å²) in [5.74, 6) is 1.63. The highest BCUT2D eigenvalue weighted by Crippen LogP contribution is 2.39. The Balaban J connectivity index is 1.38. The molecule has 2 heterocycles. The fraction of sp³-hybridized carbons (Fsp3) is 0.400. The maximum atomic E-state index is 5.42. The second-order valence-electron chi connectivity index (χ2n) is 5.00. The van der Waals surface area contributed by atoms with Gasteiger partial charge in [-0.3, -0.25) is 0 Å². The number of ether oxygens (including phenoxy) is 2. The van der Waals surface area contributed by atoms with E-state index in [0.717, 1.165) is 48.4 Å². The van der Waals surface area contributed by atoms with Crippen LogP contribution in [0.4, 0.5) is 0 Å². The molecule has 0 saturated heterocycles. The number of hydrogen-bond donors (Lipinski definition) is 1. The lowest BCUT2D eigenvalue weighted by atomic mass is 10.2. The van der Waals surface area contributed by atoms with Crippen LogP contribution in [0.25, 0.3) is 0 Å². The van der Waals surface area contributed by atoms with E-state index in [0.29, 0.717) is 6.79 Å². The van der Waals surface area contributed by atoms with Gasteiger partial charge in [0, 0.05) is 25.5 Å². The minimum atomic E-state index is 0.305. The Labute approximate surface area is 132 Å². The predicted molar refractivity (Wildman–Crippen MR) is 83.4 cm³/mol. The average Bonchev–Trinajstić information content (AvgIpc) is 3.13. The van der Waals surface area contributed by atoms with Gasteiger partial charge in [-0.15, -0.1) is 0 Å². The number of rotatable bonds is 7. The number of nitrogens with one attached hydrogen (secondary N) is 1. The summed E-state index contributed by atoms with van der Waals surface area (Å²) in [6, 6.07) is 4.11. The fourth-order valence-electron chi connectivity index (χ4n) is 2.32. The van der Waals surface area contributed by atoms with Crippen LogP contribution in [0, 0.1) is 0 Å². The Morgan fingerprint density at radius 2 is 2.24 bits per heavy atom. The van der Waals surface area contributed by atoms with Gasteiger partial charge in [-0.05, 0) is 53.0 Å². The molecule has 1 aromatic heterocycles. The maximum Gasteiger partial charge on any atom is 0.231 e. The third kappa shape index (κ3) is 3.77. The summed E-state index contributed by atoms with van der Waals surface area (Å²) in [6.45, 7) is 3.16. The molecule has 0 bridgehead atoms. The second-order valence-corrected chi connectivity index (χ2v) is 5.85. The van der Waals surface area contributed by atoms with E-state index in [1.165, 1.54) is 5.56 Å². The van der Waals surface area contributed by atoms with Gasteiger partial charge in [0.2, 0.25) is 6.79 Å². The summed E-state index contributed by atoms with van der Waals surface area (Å²) in [7, 11) is 0. The molecule has 0 unspecified atom stereocenters. The smallest absolute Gasteiger partial charge is 0.231 e. The predicted octanol–water partition coefficient (Wildman–Crippen LogP) is 2.94. The number of hydrogen-bond acceptors (Lipinski definition) is 4. The molecule has 21 heavy (non-hydrogen) atoms. The van der Waals surface area contributed by atoms with Crippen LogP contribution in [0.3, 0.4) is 0 Å². The van der Waals surface area contributed by atoms with E-state index >= 15 is 0 Å². The first-order valence-corrected chi connectivity index (χ1v) is 7.87. The van der Waals surface area contributed by atoms with Crippen LogP contribution in [-0.4, -0.2) is 22.9 Å². The van der Waals surface area contributed by atoms with Crippen molar-refractivity contribution in [3.63, 3.8) is 0 Å². The minimum Gasteiger partial charge on any atom is -0.454 e. The average molecular weight is 352 g/mol. The van der Waals surface area contributed by atoms with E-state index in [1.807, 2.05) is 24.8 Å². The third-order valence-corrected chi connectivity index (χ3v) is 3.98. The van der Waals surface area contributed by atoms with E-state index < -0.39 is 0 Å². The molecular formula is C15H18BrN3O2. The van der Waals surface area contributed by atoms with Crippen LogP contribution in [-0.2, 0) is 13.1 Å². The normalized spacial score (nSPS) is 12.8. The van der Waals surface area contributed by atoms with Gasteiger partial charge in [0.05, 0.1) is 10.8 Å². The molecule has 0 spiro atoms. The lowest BCUT2D eigenvalue weighted by molar-refractivity contribution is 0.173. The molecule has 1 N–H and O–H groups in total. The topological polar surface area (TPSA) is 48.3 Å². The van der Waals surface area contributed by atoms with Crippen molar-refractivity contribution in [3.8, 4) is 11.5 Å². The van der Waals surface area contributed by atoms with E-state index in [9.17, 15) is 0 Å². The lowest BCUT2D eigenvalue weighted by Crippen LogP contribution is -2.15. The Bertz CT molecular complexity index is 587. The number of aryl methyl sites for hydroxylation is 1. The van der Waals surface area contributed by atoms with E-state index in [1.54, 1.807) is 0 Å². The van der Waals surface area contributed by atoms with Crippen LogP contribution in [0.2, 0.25) is 0 Å². The molecule has 0 saturated carbocycles. The fourth-order valence-corrected chi connectivity index (χ4v) is 2.92. The van der Waals surface area contributed by atoms with Gasteiger partial charge >= 0.3 is 0 Å². The van der Waals surface area contributed by atoms with Crippen molar-refractivity contribution in [2.24, 2.45) is 0 Å². The van der Waals surface area contributed by atoms with Crippen molar-refractivity contribution in [2.45, 2.75) is 25.9 Å². The maximum absolute atomic E-state index is 5.42. The molecule has 1 aromatic carbocycles. The van der Waals surface area contributed by atoms with Crippen LogP contribution in [0.1, 0.15) is 18.4 Å². The monoisotopic (exact) mass is 351 g/mol. The molecule has 1 aliphatic rings. The van der Waals surface area contributed by atoms with E-state index in [-0.39, 0.29) is 0 Å². The van der Waals surface area contributed by atoms with Gasteiger partial charge in [-0.25, -0.2) is 4.98 Å². The van der Waals surface area contributed by atoms with Crippen LogP contribution in [0.5, 0.6) is 11.5 Å². The molecule has 0 fully saturated rings. The number of nitrogens with zero attached hydrogens (tertiary/aromatic N) is 2. The highest BCUT2D eigenvalue weighted by Gasteiger charge is 2.17. The lowest BCUT2D eigenvalue weighted by Gasteiger charge is -2.07. The molecule has 0 aliphatic carbocycles. The Morgan fingerprint density at radius 1 is 1.29 bits per heavy atom. The number of imidazole rings is 1. The molecule has 6 heteroatoms. The van der Waals surface area contributed by atoms with Crippen molar-refractivity contribution in [2.75, 3.05) is 13.3 Å². The zero-order valence-electron chi connectivity index (χ0n) is 11.7. The third-order valence-electron chi connectivity index (χ3n) is 3.40. The standard InChI is InChI=1S/C15H18BrN3O2/c16-13-7-12(8-14-15(13)21-11-20-14)9-17-3-1-2-5-19-6-4-18-10-19/h4,6-8,10,17H,1-3,5,9,11H2. The molecule has 0 radical (unpaired) electrons. The Morgan fingerprint density at radius 3 is 3.10 bits per heavy atom. The van der Waals surface area contributed by atoms with E-state index in [2.05, 4.69) is 36.9 Å². The molecule has 0 amide bonds. The molecule has 2 aromatic rings. The SMILES string of the molecule is Brc1cc(CNCCCCn2ccnc2)cc2c1OCO2. The highest BCUT2D eigenvalue weighted by molar-refractivity contribution is 9.10. The van der Waals surface area contributed by atoms with Crippen molar-refractivity contribution in [3.05, 3.63) is 40.9 Å². The Kier molecular flexibility index (Phi) is 4.77. The largest absolute Gasteiger partial charge is 0.454 e. The summed E-state index contributed by atoms with van der Waals surface area (Å²) in [5.41, 5.74) is 1.20. The first kappa shape index (κ1) is 14.4. The van der Waals surface area contributed by atoms with Crippen LogP contribution >= 0.6 is 15.9 Å². The number of benzene rings is 1. The van der Waals surface area contributed by atoms with Gasteiger partial charge in [-0.2, -0.15) is 0 Å². The number of unbranched alkanes of at least 4 members (excludes halogenated alkanes) is 1. The van der Waals surface area contributed by atoms with Gasteiger partial charge in [-0.1, -0.05) is 0 Å². The number of aromatic nitrogens is 2. The summed E-state index contributed by atoms with van der Waals surface area (Å²) in [4.78, 5) is 4.03. The zero-order valence-corrected chi connectivity index (χ0v) is 13.3. The summed E-state index contributed by atoms with van der Waals surface area (Å²) >= 11 is 3.51. The Hall–Kier alpha value is -1.53. The van der Waals surface area contributed by atoms with Gasteiger partial charge < -0.3 is 19.4 Å². The first-order valence-electron chi connectivity index (χ1n) is 7.07. The van der Waals surface area contributed by atoms with E-state index in [4.69, 9.17) is 9.47 Å². The molecule has 3 rings (SSSR count). The summed E-state index contributed by atoms with van der Waals surface area (Å²) in [6.07, 6.45) is 7.96. The highest BCUT2D eigenvalue weighted by atomic mass is 79.9. The van der Waals surface area contributed by atoms with Crippen LogP contribution < -0.4 is 14.8 Å². The molecule has 112 valence electrons. The summed E-state index contributed by atoms with van der Waals surface area (Å²) in [5, 5.41) is 3.46. The molecule has 5 nitrogen and oxygen atoms in total. The second kappa shape index (κ2) is 6.95. The zero-order chi connectivity index (χ0) is 14.5. The van der Waals surface area contributed by atoms with Gasteiger partial charge in [0.25, 0.3) is 0 Å². The molecule has 0 atom stereocenters. The summed E-state index contributed by atoms with van der Waals surface area (Å²) < 4.78 is 13.9. The first-order chi connectivity index (χ1) is 10.3.